The predicted molar refractivity (Wildman–Crippen MR) is 102 cm³/mol. The second-order valence-corrected chi connectivity index (χ2v) is 6.26. The molecular weight excluding hydrogens is 360 g/mol. The summed E-state index contributed by atoms with van der Waals surface area (Å²) >= 11 is 0. The Hall–Kier alpha value is -3.61. The Morgan fingerprint density at radius 2 is 1.64 bits per heavy atom. The molecule has 1 heterocycles. The highest BCUT2D eigenvalue weighted by Crippen LogP contribution is 2.31. The molecule has 2 amide bonds. The van der Waals surface area contributed by atoms with Gasteiger partial charge in [-0.05, 0) is 36.8 Å². The molecule has 1 atom stereocenters. The van der Waals surface area contributed by atoms with E-state index < -0.39 is 18.0 Å². The van der Waals surface area contributed by atoms with Gasteiger partial charge in [-0.3, -0.25) is 0 Å². The van der Waals surface area contributed by atoms with E-state index in [9.17, 15) is 14.4 Å². The van der Waals surface area contributed by atoms with Crippen LogP contribution in [0.1, 0.15) is 28.9 Å². The number of allylic oxidation sites excluding steroid dienone is 1. The maximum absolute atomic E-state index is 12.3. The van der Waals surface area contributed by atoms with Gasteiger partial charge >= 0.3 is 18.0 Å². The van der Waals surface area contributed by atoms with Crippen molar-refractivity contribution in [1.82, 2.24) is 10.2 Å². The van der Waals surface area contributed by atoms with Gasteiger partial charge in [0, 0.05) is 12.7 Å². The normalized spacial score (nSPS) is 16.5. The zero-order valence-corrected chi connectivity index (χ0v) is 15.8. The van der Waals surface area contributed by atoms with E-state index in [4.69, 9.17) is 9.47 Å². The summed E-state index contributed by atoms with van der Waals surface area (Å²) in [5.41, 5.74) is 1.97. The Kier molecular flexibility index (Phi) is 5.44. The van der Waals surface area contributed by atoms with Gasteiger partial charge in [0.25, 0.3) is 0 Å². The Labute approximate surface area is 162 Å². The van der Waals surface area contributed by atoms with Crippen molar-refractivity contribution in [2.75, 3.05) is 14.2 Å². The molecule has 0 fully saturated rings. The van der Waals surface area contributed by atoms with E-state index in [0.717, 1.165) is 0 Å². The van der Waals surface area contributed by atoms with E-state index in [2.05, 4.69) is 5.32 Å². The average Bonchev–Trinajstić information content (AvgIpc) is 2.72. The minimum atomic E-state index is -0.657. The SMILES string of the molecule is COC(=O)C1=C(C)N(C)C(=O)N[C@@H]1c1ccc(OC(=O)c2ccccc2)cc1. The second kappa shape index (κ2) is 7.96. The lowest BCUT2D eigenvalue weighted by Gasteiger charge is -2.33. The molecule has 0 aromatic heterocycles. The van der Waals surface area contributed by atoms with Crippen LogP contribution in [-0.2, 0) is 9.53 Å². The molecule has 0 radical (unpaired) electrons. The lowest BCUT2D eigenvalue weighted by molar-refractivity contribution is -0.136. The van der Waals surface area contributed by atoms with Crippen LogP contribution in [0.4, 0.5) is 4.79 Å². The van der Waals surface area contributed by atoms with Crippen molar-refractivity contribution in [2.45, 2.75) is 13.0 Å². The first-order valence-electron chi connectivity index (χ1n) is 8.63. The number of urea groups is 1. The number of benzene rings is 2. The summed E-state index contributed by atoms with van der Waals surface area (Å²) in [5.74, 6) is -0.627. The third-order valence-corrected chi connectivity index (χ3v) is 4.59. The van der Waals surface area contributed by atoms with Crippen LogP contribution in [0.3, 0.4) is 0 Å². The lowest BCUT2D eigenvalue weighted by Crippen LogP contribution is -2.46. The molecule has 0 spiro atoms. The number of hydrogen-bond acceptors (Lipinski definition) is 5. The molecule has 0 saturated carbocycles. The van der Waals surface area contributed by atoms with Crippen LogP contribution in [0.2, 0.25) is 0 Å². The van der Waals surface area contributed by atoms with Crippen LogP contribution < -0.4 is 10.1 Å². The predicted octanol–water partition coefficient (Wildman–Crippen LogP) is 3.05. The molecule has 3 rings (SSSR count). The number of hydrogen-bond donors (Lipinski definition) is 1. The number of nitrogens with one attached hydrogen (secondary N) is 1. The van der Waals surface area contributed by atoms with E-state index in [-0.39, 0.29) is 6.03 Å². The van der Waals surface area contributed by atoms with Crippen molar-refractivity contribution in [3.63, 3.8) is 0 Å². The van der Waals surface area contributed by atoms with E-state index in [1.165, 1.54) is 12.0 Å². The minimum absolute atomic E-state index is 0.324. The summed E-state index contributed by atoms with van der Waals surface area (Å²) in [4.78, 5) is 37.9. The Morgan fingerprint density at radius 1 is 1.00 bits per heavy atom. The first-order chi connectivity index (χ1) is 13.4. The standard InChI is InChI=1S/C21H20N2O5/c1-13-17(20(25)27-3)18(22-21(26)23(13)2)14-9-11-16(12-10-14)28-19(24)15-7-5-4-6-8-15/h4-12,18H,1-3H3,(H,22,26)/t18-/m1/s1. The van der Waals surface area contributed by atoms with Gasteiger partial charge in [-0.25, -0.2) is 14.4 Å². The quantitative estimate of drug-likeness (QED) is 0.651. The zero-order valence-electron chi connectivity index (χ0n) is 15.8. The lowest BCUT2D eigenvalue weighted by atomic mass is 9.95. The molecule has 144 valence electrons. The van der Waals surface area contributed by atoms with Gasteiger partial charge in [-0.1, -0.05) is 30.3 Å². The number of esters is 2. The molecule has 1 N–H and O–H groups in total. The fourth-order valence-electron chi connectivity index (χ4n) is 2.93. The van der Waals surface area contributed by atoms with E-state index >= 15 is 0 Å². The molecule has 1 aliphatic rings. The van der Waals surface area contributed by atoms with Crippen LogP contribution in [0.5, 0.6) is 5.75 Å². The summed E-state index contributed by atoms with van der Waals surface area (Å²) in [6.45, 7) is 1.69. The van der Waals surface area contributed by atoms with Gasteiger partial charge in [-0.2, -0.15) is 0 Å². The fourth-order valence-corrected chi connectivity index (χ4v) is 2.93. The van der Waals surface area contributed by atoms with Gasteiger partial charge in [-0.15, -0.1) is 0 Å². The summed E-state index contributed by atoms with van der Waals surface area (Å²) in [7, 11) is 2.87. The van der Waals surface area contributed by atoms with Gasteiger partial charge in [0.2, 0.25) is 0 Å². The third-order valence-electron chi connectivity index (χ3n) is 4.59. The highest BCUT2D eigenvalue weighted by Gasteiger charge is 2.34. The number of carbonyl (C=O) groups excluding carboxylic acids is 3. The van der Waals surface area contributed by atoms with Crippen LogP contribution in [-0.4, -0.2) is 37.0 Å². The Balaban J connectivity index is 1.84. The molecular formula is C21H20N2O5. The van der Waals surface area contributed by atoms with Gasteiger partial charge in [0.05, 0.1) is 24.3 Å². The first-order valence-corrected chi connectivity index (χ1v) is 8.63. The number of rotatable bonds is 4. The van der Waals surface area contributed by atoms with Crippen LogP contribution in [0, 0.1) is 0 Å². The molecule has 2 aromatic rings. The Bertz CT molecular complexity index is 935. The van der Waals surface area contributed by atoms with Crippen molar-refractivity contribution < 1.29 is 23.9 Å². The molecule has 7 heteroatoms. The molecule has 1 aliphatic heterocycles. The molecule has 7 nitrogen and oxygen atoms in total. The summed E-state index contributed by atoms with van der Waals surface area (Å²) < 4.78 is 10.2. The van der Waals surface area contributed by atoms with Crippen LogP contribution in [0.15, 0.2) is 65.9 Å². The molecule has 2 aromatic carbocycles. The van der Waals surface area contributed by atoms with Crippen LogP contribution >= 0.6 is 0 Å². The number of amides is 2. The van der Waals surface area contributed by atoms with E-state index in [0.29, 0.717) is 28.1 Å². The average molecular weight is 380 g/mol. The molecule has 0 aliphatic carbocycles. The number of ether oxygens (including phenoxy) is 2. The minimum Gasteiger partial charge on any atom is -0.466 e. The van der Waals surface area contributed by atoms with Crippen molar-refractivity contribution >= 4 is 18.0 Å². The monoisotopic (exact) mass is 380 g/mol. The van der Waals surface area contributed by atoms with Gasteiger partial charge in [0.15, 0.2) is 0 Å². The number of carbonyl (C=O) groups is 3. The number of methoxy groups -OCH3 is 1. The fraction of sp³-hybridized carbons (Fsp3) is 0.190. The maximum atomic E-state index is 12.3. The summed E-state index contributed by atoms with van der Waals surface area (Å²) in [6, 6.07) is 14.3. The van der Waals surface area contributed by atoms with Gasteiger partial charge in [0.1, 0.15) is 5.75 Å². The second-order valence-electron chi connectivity index (χ2n) is 6.26. The molecule has 0 bridgehead atoms. The largest absolute Gasteiger partial charge is 0.466 e. The van der Waals surface area contributed by atoms with E-state index in [1.807, 2.05) is 6.07 Å². The van der Waals surface area contributed by atoms with Crippen molar-refractivity contribution in [2.24, 2.45) is 0 Å². The van der Waals surface area contributed by atoms with Crippen LogP contribution in [0.25, 0.3) is 0 Å². The summed E-state index contributed by atoms with van der Waals surface area (Å²) in [5, 5.41) is 2.78. The Morgan fingerprint density at radius 3 is 2.25 bits per heavy atom. The summed E-state index contributed by atoms with van der Waals surface area (Å²) in [6.07, 6.45) is 0. The van der Waals surface area contributed by atoms with Crippen molar-refractivity contribution in [3.8, 4) is 5.75 Å². The topological polar surface area (TPSA) is 84.9 Å². The first kappa shape index (κ1) is 19.2. The maximum Gasteiger partial charge on any atom is 0.343 e. The number of nitrogens with zero attached hydrogens (tertiary/aromatic N) is 1. The van der Waals surface area contributed by atoms with Crippen molar-refractivity contribution in [3.05, 3.63) is 77.0 Å². The highest BCUT2D eigenvalue weighted by molar-refractivity contribution is 5.95. The van der Waals surface area contributed by atoms with E-state index in [1.54, 1.807) is 62.5 Å². The molecule has 0 unspecified atom stereocenters. The zero-order chi connectivity index (χ0) is 20.3. The van der Waals surface area contributed by atoms with Gasteiger partial charge < -0.3 is 19.7 Å². The smallest absolute Gasteiger partial charge is 0.343 e. The third kappa shape index (κ3) is 3.73. The molecule has 0 saturated heterocycles. The van der Waals surface area contributed by atoms with Crippen molar-refractivity contribution in [1.29, 1.82) is 0 Å². The highest BCUT2D eigenvalue weighted by atomic mass is 16.5. The molecule has 28 heavy (non-hydrogen) atoms.